The van der Waals surface area contributed by atoms with E-state index in [4.69, 9.17) is 0 Å². The zero-order chi connectivity index (χ0) is 13.0. The summed E-state index contributed by atoms with van der Waals surface area (Å²) in [5.74, 6) is 0.196. The number of aromatic hydroxyl groups is 2. The molecule has 0 radical (unpaired) electrons. The van der Waals surface area contributed by atoms with Crippen LogP contribution in [-0.4, -0.2) is 21.7 Å². The maximum atomic E-state index is 9.60. The molecule has 18 heavy (non-hydrogen) atoms. The van der Waals surface area contributed by atoms with Gasteiger partial charge in [-0.25, -0.2) is 4.98 Å². The first kappa shape index (κ1) is 12.9. The number of phenols is 2. The van der Waals surface area contributed by atoms with Gasteiger partial charge in [-0.3, -0.25) is 0 Å². The summed E-state index contributed by atoms with van der Waals surface area (Å²) in [6.07, 6.45) is 0.886. The summed E-state index contributed by atoms with van der Waals surface area (Å²) >= 11 is 1.67. The van der Waals surface area contributed by atoms with E-state index < -0.39 is 0 Å². The van der Waals surface area contributed by atoms with Crippen LogP contribution >= 0.6 is 11.3 Å². The fraction of sp³-hybridized carbons (Fsp3) is 0.308. The normalized spacial score (nSPS) is 10.7. The van der Waals surface area contributed by atoms with Crippen LogP contribution in [0.4, 0.5) is 0 Å². The number of hydrogen-bond acceptors (Lipinski definition) is 5. The molecule has 0 spiro atoms. The highest BCUT2D eigenvalue weighted by atomic mass is 32.1. The van der Waals surface area contributed by atoms with Gasteiger partial charge in [0, 0.05) is 42.2 Å². The van der Waals surface area contributed by atoms with Gasteiger partial charge in [0.25, 0.3) is 0 Å². The lowest BCUT2D eigenvalue weighted by atomic mass is 10.2. The molecule has 0 aliphatic heterocycles. The Balaban J connectivity index is 1.78. The molecule has 0 aliphatic rings. The average molecular weight is 264 g/mol. The molecule has 3 N–H and O–H groups in total. The molecule has 0 unspecified atom stereocenters. The maximum absolute atomic E-state index is 9.60. The molecule has 1 heterocycles. The van der Waals surface area contributed by atoms with E-state index in [0.29, 0.717) is 6.54 Å². The number of nitrogens with one attached hydrogen (secondary N) is 1. The molecule has 1 aromatic carbocycles. The molecule has 0 bridgehead atoms. The van der Waals surface area contributed by atoms with Crippen LogP contribution < -0.4 is 5.32 Å². The van der Waals surface area contributed by atoms with Gasteiger partial charge in [-0.1, -0.05) is 6.07 Å². The van der Waals surface area contributed by atoms with Crippen molar-refractivity contribution in [2.75, 3.05) is 6.54 Å². The van der Waals surface area contributed by atoms with Crippen LogP contribution in [0, 0.1) is 6.92 Å². The van der Waals surface area contributed by atoms with E-state index in [9.17, 15) is 10.2 Å². The summed E-state index contributed by atoms with van der Waals surface area (Å²) in [6.45, 7) is 3.38. The van der Waals surface area contributed by atoms with Crippen molar-refractivity contribution in [1.29, 1.82) is 0 Å². The Bertz CT molecular complexity index is 525. The molecule has 0 fully saturated rings. The number of aryl methyl sites for hydroxylation is 1. The van der Waals surface area contributed by atoms with Gasteiger partial charge in [-0.05, 0) is 13.0 Å². The van der Waals surface area contributed by atoms with Crippen molar-refractivity contribution in [3.8, 4) is 11.5 Å². The van der Waals surface area contributed by atoms with E-state index in [1.54, 1.807) is 23.5 Å². The first-order valence-electron chi connectivity index (χ1n) is 5.78. The second kappa shape index (κ2) is 5.84. The van der Waals surface area contributed by atoms with Gasteiger partial charge in [0.1, 0.15) is 11.5 Å². The third-order valence-electron chi connectivity index (χ3n) is 2.57. The Morgan fingerprint density at radius 1 is 1.33 bits per heavy atom. The molecule has 0 aliphatic carbocycles. The minimum absolute atomic E-state index is 0.0783. The van der Waals surface area contributed by atoms with Crippen LogP contribution in [-0.2, 0) is 13.0 Å². The van der Waals surface area contributed by atoms with Crippen molar-refractivity contribution in [2.45, 2.75) is 19.9 Å². The smallest absolute Gasteiger partial charge is 0.123 e. The quantitative estimate of drug-likeness (QED) is 0.724. The average Bonchev–Trinajstić information content (AvgIpc) is 2.73. The van der Waals surface area contributed by atoms with E-state index in [0.717, 1.165) is 29.2 Å². The molecular formula is C13H16N2O2S. The van der Waals surface area contributed by atoms with E-state index in [1.165, 1.54) is 6.07 Å². The molecule has 5 heteroatoms. The summed E-state index contributed by atoms with van der Waals surface area (Å²) in [5.41, 5.74) is 1.84. The summed E-state index contributed by atoms with van der Waals surface area (Å²) < 4.78 is 0. The number of hydrogen-bond donors (Lipinski definition) is 3. The predicted molar refractivity (Wildman–Crippen MR) is 72.0 cm³/mol. The Kier molecular flexibility index (Phi) is 4.17. The fourth-order valence-electron chi connectivity index (χ4n) is 1.64. The number of thiazole rings is 1. The van der Waals surface area contributed by atoms with Crippen molar-refractivity contribution in [3.63, 3.8) is 0 Å². The molecule has 0 saturated carbocycles. The molecule has 96 valence electrons. The monoisotopic (exact) mass is 264 g/mol. The van der Waals surface area contributed by atoms with Gasteiger partial charge in [0.15, 0.2) is 0 Å². The molecular weight excluding hydrogens is 248 g/mol. The van der Waals surface area contributed by atoms with Gasteiger partial charge in [-0.15, -0.1) is 11.3 Å². The van der Waals surface area contributed by atoms with Crippen molar-refractivity contribution < 1.29 is 10.2 Å². The number of nitrogens with zero attached hydrogens (tertiary/aromatic N) is 1. The van der Waals surface area contributed by atoms with Gasteiger partial charge in [0.05, 0.1) is 5.01 Å². The minimum Gasteiger partial charge on any atom is -0.508 e. The molecule has 0 amide bonds. The molecule has 0 saturated heterocycles. The molecule has 1 aromatic heterocycles. The first-order valence-corrected chi connectivity index (χ1v) is 6.65. The Hall–Kier alpha value is -1.59. The third kappa shape index (κ3) is 3.45. The second-order valence-corrected chi connectivity index (χ2v) is 5.07. The lowest BCUT2D eigenvalue weighted by Gasteiger charge is -2.06. The van der Waals surface area contributed by atoms with Crippen LogP contribution in [0.15, 0.2) is 23.6 Å². The van der Waals surface area contributed by atoms with E-state index in [-0.39, 0.29) is 11.5 Å². The predicted octanol–water partition coefficient (Wildman–Crippen LogP) is 2.20. The molecule has 2 rings (SSSR count). The highest BCUT2D eigenvalue weighted by Crippen LogP contribution is 2.22. The Morgan fingerprint density at radius 3 is 2.83 bits per heavy atom. The summed E-state index contributed by atoms with van der Waals surface area (Å²) in [4.78, 5) is 4.38. The zero-order valence-corrected chi connectivity index (χ0v) is 11.0. The Morgan fingerprint density at radius 2 is 2.17 bits per heavy atom. The van der Waals surface area contributed by atoms with Gasteiger partial charge in [0.2, 0.25) is 0 Å². The van der Waals surface area contributed by atoms with Crippen LogP contribution in [0.25, 0.3) is 0 Å². The SMILES string of the molecule is Cc1csc(CCNCc2ccc(O)cc2O)n1. The highest BCUT2D eigenvalue weighted by molar-refractivity contribution is 7.09. The molecule has 2 aromatic rings. The summed E-state index contributed by atoms with van der Waals surface area (Å²) in [5, 5.41) is 25.2. The van der Waals surface area contributed by atoms with Crippen LogP contribution in [0.5, 0.6) is 11.5 Å². The topological polar surface area (TPSA) is 65.4 Å². The lowest BCUT2D eigenvalue weighted by molar-refractivity contribution is 0.444. The number of phenolic OH excluding ortho intramolecular Hbond substituents is 2. The van der Waals surface area contributed by atoms with Crippen molar-refractivity contribution in [2.24, 2.45) is 0 Å². The maximum Gasteiger partial charge on any atom is 0.123 e. The Labute approximate surface area is 110 Å². The minimum atomic E-state index is 0.0783. The summed E-state index contributed by atoms with van der Waals surface area (Å²) in [6, 6.07) is 4.63. The van der Waals surface area contributed by atoms with E-state index in [2.05, 4.69) is 10.3 Å². The number of benzene rings is 1. The van der Waals surface area contributed by atoms with Gasteiger partial charge >= 0.3 is 0 Å². The van der Waals surface area contributed by atoms with Crippen molar-refractivity contribution >= 4 is 11.3 Å². The van der Waals surface area contributed by atoms with Crippen molar-refractivity contribution in [3.05, 3.63) is 39.8 Å². The first-order chi connectivity index (χ1) is 8.65. The molecule has 0 atom stereocenters. The summed E-state index contributed by atoms with van der Waals surface area (Å²) in [7, 11) is 0. The number of aromatic nitrogens is 1. The van der Waals surface area contributed by atoms with Crippen LogP contribution in [0.3, 0.4) is 0 Å². The lowest BCUT2D eigenvalue weighted by Crippen LogP contribution is -2.16. The second-order valence-electron chi connectivity index (χ2n) is 4.12. The zero-order valence-electron chi connectivity index (χ0n) is 10.2. The van der Waals surface area contributed by atoms with E-state index >= 15 is 0 Å². The fourth-order valence-corrected chi connectivity index (χ4v) is 2.41. The van der Waals surface area contributed by atoms with Gasteiger partial charge < -0.3 is 15.5 Å². The third-order valence-corrected chi connectivity index (χ3v) is 3.59. The van der Waals surface area contributed by atoms with Crippen LogP contribution in [0.1, 0.15) is 16.3 Å². The highest BCUT2D eigenvalue weighted by Gasteiger charge is 2.02. The van der Waals surface area contributed by atoms with Crippen molar-refractivity contribution in [1.82, 2.24) is 10.3 Å². The molecule has 4 nitrogen and oxygen atoms in total. The van der Waals surface area contributed by atoms with E-state index in [1.807, 2.05) is 12.3 Å². The van der Waals surface area contributed by atoms with Crippen LogP contribution in [0.2, 0.25) is 0 Å². The standard InChI is InChI=1S/C13H16N2O2S/c1-9-8-18-13(15-9)4-5-14-7-10-2-3-11(16)6-12(10)17/h2-3,6,8,14,16-17H,4-5,7H2,1H3. The van der Waals surface area contributed by atoms with Gasteiger partial charge in [-0.2, -0.15) is 0 Å². The largest absolute Gasteiger partial charge is 0.508 e. The number of rotatable bonds is 5.